The van der Waals surface area contributed by atoms with Crippen molar-refractivity contribution in [3.05, 3.63) is 40.9 Å². The Labute approximate surface area is 245 Å². The molecule has 0 saturated heterocycles. The van der Waals surface area contributed by atoms with Crippen LogP contribution < -0.4 is 31.9 Å². The second-order valence-electron chi connectivity index (χ2n) is 9.32. The Morgan fingerprint density at radius 1 is 0.857 bits per heavy atom. The Bertz CT molecular complexity index is 1250. The third-order valence-electron chi connectivity index (χ3n) is 5.82. The van der Waals surface area contributed by atoms with Crippen molar-refractivity contribution in [1.29, 1.82) is 0 Å². The predicted octanol–water partition coefficient (Wildman–Crippen LogP) is -0.0276. The number of aromatic nitrogens is 1. The first kappa shape index (κ1) is 33.5. The van der Waals surface area contributed by atoms with E-state index in [-0.39, 0.29) is 12.2 Å². The first-order valence-corrected chi connectivity index (χ1v) is 13.8. The maximum absolute atomic E-state index is 12.7. The van der Waals surface area contributed by atoms with Crippen LogP contribution in [-0.2, 0) is 25.6 Å². The van der Waals surface area contributed by atoms with Gasteiger partial charge in [0.1, 0.15) is 29.9 Å². The van der Waals surface area contributed by atoms with Crippen LogP contribution >= 0.6 is 11.3 Å². The van der Waals surface area contributed by atoms with Crippen LogP contribution in [0.1, 0.15) is 42.4 Å². The van der Waals surface area contributed by atoms with Crippen molar-refractivity contribution in [2.75, 3.05) is 18.4 Å². The van der Waals surface area contributed by atoms with Crippen molar-refractivity contribution in [1.82, 2.24) is 31.6 Å². The summed E-state index contributed by atoms with van der Waals surface area (Å²) >= 11 is 1.22. The Hall–Kier alpha value is -4.73. The van der Waals surface area contributed by atoms with Gasteiger partial charge in [0.25, 0.3) is 0 Å². The largest absolute Gasteiger partial charge is 0.508 e. The first-order chi connectivity index (χ1) is 19.9. The van der Waals surface area contributed by atoms with Crippen LogP contribution in [0.4, 0.5) is 9.93 Å². The molecule has 15 nitrogen and oxygen atoms in total. The minimum atomic E-state index is -1.43. The molecule has 42 heavy (non-hydrogen) atoms. The fourth-order valence-corrected chi connectivity index (χ4v) is 4.14. The number of hydrogen-bond donors (Lipinski definition) is 8. The third kappa shape index (κ3) is 11.4. The summed E-state index contributed by atoms with van der Waals surface area (Å²) in [7, 11) is 0. The van der Waals surface area contributed by atoms with E-state index in [0.717, 1.165) is 0 Å². The standard InChI is InChI=1S/C26H35N7O8S/c1-14(21(36)27-9-4-10-28-25-29-12-19(13-34)42-25)30-22(37)15(2)31-23(38)16(3)32-24(39)20(33-26(40)41)11-17-5-7-18(35)8-6-17/h5-8,12-16,20,33,35H,4,9-11H2,1-3H3,(H,27,36)(H,28,29)(H,30,37)(H,31,38)(H,32,39)(H,40,41)/t14-,15-,16-,20-/m0/s1. The number of nitrogens with zero attached hydrogens (tertiary/aromatic N) is 1. The van der Waals surface area contributed by atoms with Crippen molar-refractivity contribution in [3.63, 3.8) is 0 Å². The van der Waals surface area contributed by atoms with Gasteiger partial charge < -0.3 is 42.1 Å². The van der Waals surface area contributed by atoms with Gasteiger partial charge in [-0.1, -0.05) is 23.5 Å². The van der Waals surface area contributed by atoms with Crippen molar-refractivity contribution in [2.45, 2.75) is 57.8 Å². The molecule has 0 aliphatic rings. The minimum absolute atomic E-state index is 0.0110. The van der Waals surface area contributed by atoms with E-state index in [4.69, 9.17) is 5.11 Å². The number of hydrogen-bond acceptors (Lipinski definition) is 10. The van der Waals surface area contributed by atoms with E-state index < -0.39 is 53.9 Å². The number of aldehydes is 1. The number of benzene rings is 1. The highest BCUT2D eigenvalue weighted by Gasteiger charge is 2.27. The van der Waals surface area contributed by atoms with E-state index in [1.807, 2.05) is 0 Å². The second-order valence-corrected chi connectivity index (χ2v) is 10.4. The van der Waals surface area contributed by atoms with Crippen LogP contribution in [0.25, 0.3) is 0 Å². The van der Waals surface area contributed by atoms with Crippen molar-refractivity contribution >= 4 is 52.5 Å². The summed E-state index contributed by atoms with van der Waals surface area (Å²) < 4.78 is 0. The van der Waals surface area contributed by atoms with Crippen LogP contribution in [0.5, 0.6) is 5.75 Å². The number of carbonyl (C=O) groups is 6. The fourth-order valence-electron chi connectivity index (χ4n) is 3.48. The normalized spacial score (nSPS) is 13.4. The molecule has 0 unspecified atom stereocenters. The van der Waals surface area contributed by atoms with E-state index in [2.05, 4.69) is 36.9 Å². The van der Waals surface area contributed by atoms with Crippen LogP contribution in [0.3, 0.4) is 0 Å². The summed E-state index contributed by atoms with van der Waals surface area (Å²) in [6.07, 6.45) is 1.27. The number of nitrogens with one attached hydrogen (secondary N) is 6. The minimum Gasteiger partial charge on any atom is -0.508 e. The maximum Gasteiger partial charge on any atom is 0.405 e. The zero-order valence-corrected chi connectivity index (χ0v) is 24.1. The summed E-state index contributed by atoms with van der Waals surface area (Å²) in [5, 5.41) is 34.3. The summed E-state index contributed by atoms with van der Waals surface area (Å²) in [6, 6.07) is 1.58. The Morgan fingerprint density at radius 3 is 1.98 bits per heavy atom. The molecule has 0 radical (unpaired) electrons. The molecular formula is C26H35N7O8S. The third-order valence-corrected chi connectivity index (χ3v) is 6.70. The summed E-state index contributed by atoms with van der Waals surface area (Å²) in [5.41, 5.74) is 0.573. The lowest BCUT2D eigenvalue weighted by atomic mass is 10.0. The van der Waals surface area contributed by atoms with E-state index in [0.29, 0.717) is 41.4 Å². The van der Waals surface area contributed by atoms with E-state index in [1.165, 1.54) is 62.6 Å². The molecule has 2 rings (SSSR count). The molecule has 8 N–H and O–H groups in total. The van der Waals surface area contributed by atoms with Gasteiger partial charge in [-0.2, -0.15) is 0 Å². The number of carbonyl (C=O) groups excluding carboxylic acids is 5. The number of thiazole rings is 1. The molecule has 1 aromatic carbocycles. The van der Waals surface area contributed by atoms with Gasteiger partial charge in [-0.3, -0.25) is 24.0 Å². The Morgan fingerprint density at radius 2 is 1.43 bits per heavy atom. The highest BCUT2D eigenvalue weighted by Crippen LogP contribution is 2.15. The Kier molecular flexibility index (Phi) is 13.2. The smallest absolute Gasteiger partial charge is 0.405 e. The van der Waals surface area contributed by atoms with Crippen molar-refractivity contribution in [3.8, 4) is 5.75 Å². The molecule has 0 fully saturated rings. The molecule has 228 valence electrons. The lowest BCUT2D eigenvalue weighted by Gasteiger charge is -2.22. The fraction of sp³-hybridized carbons (Fsp3) is 0.423. The van der Waals surface area contributed by atoms with Crippen LogP contribution in [0, 0.1) is 0 Å². The quantitative estimate of drug-likeness (QED) is 0.0941. The number of amides is 5. The van der Waals surface area contributed by atoms with Crippen LogP contribution in [0.15, 0.2) is 30.5 Å². The second kappa shape index (κ2) is 16.5. The van der Waals surface area contributed by atoms with E-state index >= 15 is 0 Å². The molecule has 5 amide bonds. The summed E-state index contributed by atoms with van der Waals surface area (Å²) in [4.78, 5) is 76.6. The predicted molar refractivity (Wildman–Crippen MR) is 153 cm³/mol. The SMILES string of the molecule is C[C@H](NC(=O)[C@H](C)NC(=O)[C@H](C)NC(=O)[C@H](Cc1ccc(O)cc1)NC(=O)O)C(=O)NCCCNc1ncc(C=O)s1. The molecule has 2 aromatic rings. The van der Waals surface area contributed by atoms with Crippen LogP contribution in [-0.4, -0.2) is 88.5 Å². The number of rotatable bonds is 16. The Balaban J connectivity index is 1.75. The maximum atomic E-state index is 12.7. The van der Waals surface area contributed by atoms with Gasteiger partial charge in [-0.25, -0.2) is 9.78 Å². The van der Waals surface area contributed by atoms with Gasteiger partial charge in [0.15, 0.2) is 11.4 Å². The molecule has 1 heterocycles. The number of phenolic OH excluding ortho intramolecular Hbond substituents is 1. The van der Waals surface area contributed by atoms with Gasteiger partial charge in [-0.15, -0.1) is 0 Å². The number of anilines is 1. The average Bonchev–Trinajstić information content (AvgIpc) is 3.41. The van der Waals surface area contributed by atoms with E-state index in [1.54, 1.807) is 0 Å². The number of aromatic hydroxyl groups is 1. The van der Waals surface area contributed by atoms with Crippen molar-refractivity contribution in [2.24, 2.45) is 0 Å². The molecule has 0 spiro atoms. The molecular weight excluding hydrogens is 570 g/mol. The molecule has 0 aliphatic heterocycles. The summed E-state index contributed by atoms with van der Waals surface area (Å²) in [6.45, 7) is 5.10. The molecule has 0 aliphatic carbocycles. The van der Waals surface area contributed by atoms with E-state index in [9.17, 15) is 33.9 Å². The molecule has 1 aromatic heterocycles. The van der Waals surface area contributed by atoms with Gasteiger partial charge in [0.2, 0.25) is 23.6 Å². The van der Waals surface area contributed by atoms with Gasteiger partial charge in [-0.05, 0) is 44.9 Å². The topological polar surface area (TPSA) is 228 Å². The molecule has 0 bridgehead atoms. The highest BCUT2D eigenvalue weighted by atomic mass is 32.1. The first-order valence-electron chi connectivity index (χ1n) is 13.0. The molecule has 16 heteroatoms. The summed E-state index contributed by atoms with van der Waals surface area (Å²) in [5.74, 6) is -2.50. The average molecular weight is 606 g/mol. The number of phenols is 1. The number of carboxylic acid groups (broad SMARTS) is 1. The van der Waals surface area contributed by atoms with Gasteiger partial charge >= 0.3 is 6.09 Å². The van der Waals surface area contributed by atoms with Crippen molar-refractivity contribution < 1.29 is 39.0 Å². The zero-order valence-electron chi connectivity index (χ0n) is 23.3. The van der Waals surface area contributed by atoms with Crippen LogP contribution in [0.2, 0.25) is 0 Å². The molecule has 0 saturated carbocycles. The highest BCUT2D eigenvalue weighted by molar-refractivity contribution is 7.17. The van der Waals surface area contributed by atoms with Gasteiger partial charge in [0, 0.05) is 19.5 Å². The lowest BCUT2D eigenvalue weighted by Crippen LogP contribution is -2.56. The monoisotopic (exact) mass is 605 g/mol. The van der Waals surface area contributed by atoms with Gasteiger partial charge in [0.05, 0.1) is 11.1 Å². The zero-order chi connectivity index (χ0) is 31.2. The lowest BCUT2D eigenvalue weighted by molar-refractivity contribution is -0.133. The molecule has 4 atom stereocenters.